The Morgan fingerprint density at radius 3 is 1.97 bits per heavy atom. The van der Waals surface area contributed by atoms with E-state index in [1.807, 2.05) is 24.3 Å². The molecule has 93 heavy (non-hydrogen) atoms. The molecule has 3 aliphatic heterocycles. The molecule has 4 aromatic rings. The predicted molar refractivity (Wildman–Crippen MR) is 320 cm³/mol. The molecule has 1 aromatic heterocycles. The normalized spacial score (nSPS) is 24.9. The molecule has 14 atom stereocenters. The van der Waals surface area contributed by atoms with Gasteiger partial charge in [0.1, 0.15) is 64.2 Å². The molecule has 8 amide bonds. The monoisotopic (exact) mass is 1350 g/mol. The number of amides is 8. The Hall–Kier alpha value is -7.03. The number of benzene rings is 3. The van der Waals surface area contributed by atoms with E-state index < -0.39 is 199 Å². The summed E-state index contributed by atoms with van der Waals surface area (Å²) in [7, 11) is -3.91. The summed E-state index contributed by atoms with van der Waals surface area (Å²) in [4.78, 5) is 115. The number of aliphatic hydroxyl groups excluding tert-OH is 7. The standard InChI is InChI=1S/C58H76N10O22S2.Na/c1-28-26-68-46(47(28)75)54(82)60-25-34(70)22-37(61-50(78)30-9-11-31(12-10-30)55-65-66-56(91-55)32-13-16-36(17-14-32)89-20-8-6-4-5-7-19-88-3)51(79)62-43(29(2)69)57(83)67-27-35(71)23-38(67)52(80)64-45(53(81)63-44(58(68)84)40(73)24-42(59)74)49(77)48(76)33-15-18-39(72)41(21-33)90-92(85,86)87;/h9-18,21,28-29,34-35,37-38,40,43-49,69-73,75-77H,4-8,19-20,22-27H2,1-3H3,(H2,59,74)(H,60,82)(H,61,78)(H,62,79)(H,63,81)(H,64,80)(H,85,86,87);/q;+1/p-1/t28-,29+,34+,35+,37-,38?,40+,43?,44?,45?,46?,47-,48-,49-;/m0./s1. The molecule has 3 aliphatic rings. The van der Waals surface area contributed by atoms with Crippen LogP contribution in [-0.2, 0) is 48.7 Å². The number of carbonyl (C=O) groups excluding carboxylic acids is 8. The Balaban J connectivity index is 0.0000137. The number of primary amides is 1. The molecule has 0 bridgehead atoms. The number of rotatable bonds is 22. The maximum Gasteiger partial charge on any atom is 1.00 e. The van der Waals surface area contributed by atoms with Crippen molar-refractivity contribution in [3.05, 3.63) is 77.9 Å². The summed E-state index contributed by atoms with van der Waals surface area (Å²) in [6.45, 7) is 1.84. The Bertz CT molecular complexity index is 3390. The summed E-state index contributed by atoms with van der Waals surface area (Å²) in [5.41, 5.74) is 6.05. The van der Waals surface area contributed by atoms with Crippen LogP contribution in [-0.4, -0.2) is 234 Å². The topological polar surface area (TPSA) is 502 Å². The average molecular weight is 1350 g/mol. The van der Waals surface area contributed by atoms with Crippen LogP contribution in [0.15, 0.2) is 66.7 Å². The van der Waals surface area contributed by atoms with E-state index in [0.29, 0.717) is 49.9 Å². The number of hydrogen-bond donors (Lipinski definition) is 14. The molecule has 0 saturated carbocycles. The first-order chi connectivity index (χ1) is 43.5. The maximum absolute atomic E-state index is 14.7. The number of unbranched alkanes of at least 4 members (excludes halogenated alkanes) is 4. The number of aromatic nitrogens is 2. The maximum atomic E-state index is 14.7. The number of β-amino-alcohol motifs (C(OH)–C–C–N with tert-alkyl or cyclic N) is 1. The van der Waals surface area contributed by atoms with Crippen molar-refractivity contribution in [2.24, 2.45) is 11.7 Å². The number of carbonyl (C=O) groups is 8. The van der Waals surface area contributed by atoms with E-state index in [1.54, 1.807) is 19.2 Å². The predicted octanol–water partition coefficient (Wildman–Crippen LogP) is -6.29. The fraction of sp³-hybridized carbons (Fsp3) is 0.517. The van der Waals surface area contributed by atoms with Gasteiger partial charge in [-0.15, -0.1) is 10.2 Å². The van der Waals surface area contributed by atoms with Crippen molar-refractivity contribution >= 4 is 69.0 Å². The number of ether oxygens (including phenoxy) is 2. The second kappa shape index (κ2) is 33.9. The van der Waals surface area contributed by atoms with E-state index in [-0.39, 0.29) is 35.1 Å². The first-order valence-electron chi connectivity index (χ1n) is 29.3. The minimum absolute atomic E-state index is 0. The number of aromatic hydroxyl groups is 1. The smallest absolute Gasteiger partial charge is 0.716 e. The zero-order chi connectivity index (χ0) is 67.3. The zero-order valence-corrected chi connectivity index (χ0v) is 54.7. The van der Waals surface area contributed by atoms with Crippen LogP contribution >= 0.6 is 11.3 Å². The van der Waals surface area contributed by atoms with Crippen molar-refractivity contribution in [3.63, 3.8) is 0 Å². The van der Waals surface area contributed by atoms with Crippen LogP contribution in [0.1, 0.15) is 87.2 Å². The van der Waals surface area contributed by atoms with E-state index in [1.165, 1.54) is 30.4 Å². The van der Waals surface area contributed by atoms with Crippen LogP contribution in [0.25, 0.3) is 21.1 Å². The van der Waals surface area contributed by atoms with Gasteiger partial charge in [0.2, 0.25) is 41.4 Å². The third-order valence-corrected chi connectivity index (χ3v) is 17.0. The number of nitrogens with zero attached hydrogens (tertiary/aromatic N) is 4. The van der Waals surface area contributed by atoms with Gasteiger partial charge in [0.15, 0.2) is 11.5 Å². The van der Waals surface area contributed by atoms with Crippen molar-refractivity contribution in [3.8, 4) is 38.4 Å². The molecule has 0 aliphatic carbocycles. The number of phenolic OH excluding ortho intramolecular Hbond substituents is 1. The quantitative estimate of drug-likeness (QED) is 0.0151. The third-order valence-electron chi connectivity index (χ3n) is 15.6. The van der Waals surface area contributed by atoms with Crippen LogP contribution in [0.5, 0.6) is 17.2 Å². The van der Waals surface area contributed by atoms with Crippen LogP contribution < -0.4 is 70.8 Å². The van der Waals surface area contributed by atoms with Crippen molar-refractivity contribution in [1.82, 2.24) is 46.6 Å². The van der Waals surface area contributed by atoms with Gasteiger partial charge in [0.25, 0.3) is 16.3 Å². The molecule has 32 nitrogen and oxygen atoms in total. The van der Waals surface area contributed by atoms with Crippen LogP contribution in [0.2, 0.25) is 0 Å². The summed E-state index contributed by atoms with van der Waals surface area (Å²) in [6, 6.07) is 2.84. The molecular formula is C58H75N10NaO22S2. The molecule has 3 fully saturated rings. The number of phenols is 1. The SMILES string of the molecule is COCCCCCCCOc1ccc(-c2nnc(-c3ccc(C(=O)N[C@H]4C[C@@H](O)CNC(=O)C5[C@@H](O)[C@@H](C)CN5C(=O)C([C@H](O)CC(N)=O)NC(=O)C([C@H](O)[C@@H](O)c5ccc(O)c(OS(=O)(=O)[O-])c5)NC(=O)C5C[C@@H](O)CN5C(=O)C([C@@H](C)O)NC4=O)cc3)s2)cc1.[Na+]. The van der Waals surface area contributed by atoms with Crippen molar-refractivity contribution in [2.75, 3.05) is 40.0 Å². The number of nitrogens with two attached hydrogens (primary N) is 1. The van der Waals surface area contributed by atoms with E-state index in [4.69, 9.17) is 15.2 Å². The summed E-state index contributed by atoms with van der Waals surface area (Å²) in [5, 5.41) is 111. The number of fused-ring (bicyclic) bond motifs is 2. The number of nitrogens with one attached hydrogen (secondary N) is 5. The largest absolute Gasteiger partial charge is 1.00 e. The van der Waals surface area contributed by atoms with Gasteiger partial charge in [0.05, 0.1) is 43.5 Å². The van der Waals surface area contributed by atoms with Gasteiger partial charge in [-0.05, 0) is 73.9 Å². The Labute approximate surface area is 559 Å². The molecule has 15 N–H and O–H groups in total. The summed E-state index contributed by atoms with van der Waals surface area (Å²) in [6.07, 6.45) is -11.6. The Morgan fingerprint density at radius 1 is 0.763 bits per heavy atom. The van der Waals surface area contributed by atoms with Crippen LogP contribution in [0.3, 0.4) is 0 Å². The molecule has 5 unspecified atom stereocenters. The molecule has 7 rings (SSSR count). The molecular weight excluding hydrogens is 1280 g/mol. The van der Waals surface area contributed by atoms with Gasteiger partial charge in [0, 0.05) is 68.8 Å². The van der Waals surface area contributed by atoms with E-state index >= 15 is 0 Å². The number of methoxy groups -OCH3 is 1. The Kier molecular flexibility index (Phi) is 27.3. The number of aliphatic hydroxyl groups is 7. The van der Waals surface area contributed by atoms with Gasteiger partial charge in [-0.25, -0.2) is 8.42 Å². The van der Waals surface area contributed by atoms with Gasteiger partial charge in [-0.1, -0.05) is 55.7 Å². The van der Waals surface area contributed by atoms with Gasteiger partial charge in [-0.2, -0.15) is 0 Å². The molecule has 3 aromatic carbocycles. The van der Waals surface area contributed by atoms with Gasteiger partial charge < -0.3 is 101 Å². The molecule has 502 valence electrons. The van der Waals surface area contributed by atoms with E-state index in [2.05, 4.69) is 41.0 Å². The van der Waals surface area contributed by atoms with Crippen LogP contribution in [0.4, 0.5) is 0 Å². The third kappa shape index (κ3) is 20.0. The molecule has 35 heteroatoms. The second-order valence-electron chi connectivity index (χ2n) is 22.7. The Morgan fingerprint density at radius 2 is 1.35 bits per heavy atom. The first-order valence-corrected chi connectivity index (χ1v) is 31.5. The minimum atomic E-state index is -5.59. The molecule has 0 radical (unpaired) electrons. The van der Waals surface area contributed by atoms with E-state index in [9.17, 15) is 92.2 Å². The zero-order valence-electron chi connectivity index (χ0n) is 51.1. The first kappa shape index (κ1) is 75.0. The van der Waals surface area contributed by atoms with E-state index in [0.717, 1.165) is 57.3 Å². The fourth-order valence-electron chi connectivity index (χ4n) is 10.7. The average Bonchev–Trinajstić information content (AvgIpc) is 1.72. The summed E-state index contributed by atoms with van der Waals surface area (Å²) >= 11 is 1.27. The molecule has 4 heterocycles. The molecule has 3 saturated heterocycles. The number of hydrogen-bond acceptors (Lipinski definition) is 25. The minimum Gasteiger partial charge on any atom is -0.716 e. The van der Waals surface area contributed by atoms with Crippen molar-refractivity contribution < 1.29 is 135 Å². The fourth-order valence-corrected chi connectivity index (χ4v) is 11.9. The summed E-state index contributed by atoms with van der Waals surface area (Å²) in [5.74, 6) is -12.6. The van der Waals surface area contributed by atoms with Crippen LogP contribution in [0, 0.1) is 5.92 Å². The van der Waals surface area contributed by atoms with Crippen molar-refractivity contribution in [1.29, 1.82) is 0 Å². The van der Waals surface area contributed by atoms with Crippen molar-refractivity contribution in [2.45, 2.75) is 144 Å². The summed E-state index contributed by atoms with van der Waals surface area (Å²) < 4.78 is 49.6. The second-order valence-corrected chi connectivity index (χ2v) is 24.6. The molecule has 0 spiro atoms. The van der Waals surface area contributed by atoms with Gasteiger partial charge in [-0.3, -0.25) is 38.4 Å². The van der Waals surface area contributed by atoms with Gasteiger partial charge >= 0.3 is 29.6 Å².